The minimum atomic E-state index is 0.545. The van der Waals surface area contributed by atoms with Crippen LogP contribution in [0.2, 0.25) is 0 Å². The van der Waals surface area contributed by atoms with Crippen LogP contribution in [-0.2, 0) is 13.0 Å². The van der Waals surface area contributed by atoms with Crippen LogP contribution in [0, 0.1) is 0 Å². The van der Waals surface area contributed by atoms with Gasteiger partial charge in [-0.15, -0.1) is 0 Å². The predicted molar refractivity (Wildman–Crippen MR) is 67.3 cm³/mol. The summed E-state index contributed by atoms with van der Waals surface area (Å²) in [6.07, 6.45) is 7.13. The first-order valence-electron chi connectivity index (χ1n) is 5.88. The van der Waals surface area contributed by atoms with E-state index in [0.717, 1.165) is 36.5 Å². The molecule has 5 nitrogen and oxygen atoms in total. The summed E-state index contributed by atoms with van der Waals surface area (Å²) in [5.41, 5.74) is 7.69. The van der Waals surface area contributed by atoms with Gasteiger partial charge in [-0.25, -0.2) is 15.0 Å². The second kappa shape index (κ2) is 4.95. The van der Waals surface area contributed by atoms with Crippen LogP contribution in [0.4, 0.5) is 5.82 Å². The molecule has 0 atom stereocenters. The Bertz CT molecular complexity index is 503. The molecule has 2 N–H and O–H groups in total. The van der Waals surface area contributed by atoms with E-state index in [-0.39, 0.29) is 0 Å². The van der Waals surface area contributed by atoms with Gasteiger partial charge < -0.3 is 10.3 Å². The van der Waals surface area contributed by atoms with E-state index in [0.29, 0.717) is 5.82 Å². The van der Waals surface area contributed by atoms with Crippen molar-refractivity contribution in [2.24, 2.45) is 0 Å². The maximum absolute atomic E-state index is 5.87. The first kappa shape index (κ1) is 11.6. The highest BCUT2D eigenvalue weighted by Gasteiger charge is 2.13. The molecule has 0 saturated carbocycles. The van der Waals surface area contributed by atoms with Crippen molar-refractivity contribution >= 4 is 5.82 Å². The smallest absolute Gasteiger partial charge is 0.159 e. The molecule has 2 rings (SSSR count). The van der Waals surface area contributed by atoms with E-state index >= 15 is 0 Å². The molecule has 0 bridgehead atoms. The molecule has 90 valence electrons. The lowest BCUT2D eigenvalue weighted by molar-refractivity contribution is 0.683. The largest absolute Gasteiger partial charge is 0.383 e. The number of nitrogen functional groups attached to an aromatic ring is 1. The van der Waals surface area contributed by atoms with Crippen molar-refractivity contribution in [3.8, 4) is 11.5 Å². The molecule has 0 spiro atoms. The molecular formula is C12H17N5. The van der Waals surface area contributed by atoms with Crippen LogP contribution >= 0.6 is 0 Å². The standard InChI is InChI=1S/C12H17N5/c1-3-6-17-7-5-14-12(17)10-9(4-2)11(13)16-8-15-10/h5,7-8H,3-4,6H2,1-2H3,(H2,13,15,16). The molecule has 0 unspecified atom stereocenters. The second-order valence-electron chi connectivity index (χ2n) is 3.88. The van der Waals surface area contributed by atoms with Gasteiger partial charge >= 0.3 is 0 Å². The minimum absolute atomic E-state index is 0.545. The highest BCUT2D eigenvalue weighted by atomic mass is 15.1. The first-order valence-corrected chi connectivity index (χ1v) is 5.88. The van der Waals surface area contributed by atoms with Gasteiger partial charge in [-0.3, -0.25) is 0 Å². The third kappa shape index (κ3) is 2.13. The topological polar surface area (TPSA) is 69.6 Å². The molecular weight excluding hydrogens is 214 g/mol. The Hall–Kier alpha value is -1.91. The fraction of sp³-hybridized carbons (Fsp3) is 0.417. The highest BCUT2D eigenvalue weighted by molar-refractivity contribution is 5.61. The summed E-state index contributed by atoms with van der Waals surface area (Å²) in [7, 11) is 0. The van der Waals surface area contributed by atoms with E-state index in [1.165, 1.54) is 6.33 Å². The van der Waals surface area contributed by atoms with Gasteiger partial charge in [0.05, 0.1) is 0 Å². The fourth-order valence-corrected chi connectivity index (χ4v) is 1.91. The first-order chi connectivity index (χ1) is 8.27. The Morgan fingerprint density at radius 2 is 2.06 bits per heavy atom. The van der Waals surface area contributed by atoms with Gasteiger partial charge in [0.25, 0.3) is 0 Å². The lowest BCUT2D eigenvalue weighted by atomic mass is 10.1. The Morgan fingerprint density at radius 1 is 1.24 bits per heavy atom. The monoisotopic (exact) mass is 231 g/mol. The number of aryl methyl sites for hydroxylation is 1. The molecule has 0 aliphatic heterocycles. The summed E-state index contributed by atoms with van der Waals surface area (Å²) in [6, 6.07) is 0. The molecule has 2 heterocycles. The maximum atomic E-state index is 5.87. The molecule has 0 aliphatic carbocycles. The number of rotatable bonds is 4. The van der Waals surface area contributed by atoms with Gasteiger partial charge in [0.1, 0.15) is 17.8 Å². The van der Waals surface area contributed by atoms with Crippen LogP contribution < -0.4 is 5.73 Å². The molecule has 0 radical (unpaired) electrons. The number of nitrogens with zero attached hydrogens (tertiary/aromatic N) is 4. The zero-order valence-corrected chi connectivity index (χ0v) is 10.2. The second-order valence-corrected chi connectivity index (χ2v) is 3.88. The Labute approximate surface area is 101 Å². The zero-order chi connectivity index (χ0) is 12.3. The van der Waals surface area contributed by atoms with Crippen LogP contribution in [0.3, 0.4) is 0 Å². The van der Waals surface area contributed by atoms with E-state index in [1.807, 2.05) is 13.1 Å². The van der Waals surface area contributed by atoms with Crippen LogP contribution in [-0.4, -0.2) is 19.5 Å². The SMILES string of the molecule is CCCn1ccnc1-c1ncnc(N)c1CC. The average molecular weight is 231 g/mol. The predicted octanol–water partition coefficient (Wildman–Crippen LogP) is 1.89. The van der Waals surface area contributed by atoms with Crippen molar-refractivity contribution in [1.29, 1.82) is 0 Å². The lowest BCUT2D eigenvalue weighted by Crippen LogP contribution is -2.06. The number of hydrogen-bond acceptors (Lipinski definition) is 4. The van der Waals surface area contributed by atoms with E-state index in [2.05, 4.69) is 26.4 Å². The summed E-state index contributed by atoms with van der Waals surface area (Å²) < 4.78 is 2.10. The van der Waals surface area contributed by atoms with Crippen molar-refractivity contribution in [3.05, 3.63) is 24.3 Å². The normalized spacial score (nSPS) is 10.7. The summed E-state index contributed by atoms with van der Waals surface area (Å²) in [5, 5.41) is 0. The number of aromatic nitrogens is 4. The van der Waals surface area contributed by atoms with E-state index in [4.69, 9.17) is 5.73 Å². The molecule has 5 heteroatoms. The number of nitrogens with two attached hydrogens (primary N) is 1. The minimum Gasteiger partial charge on any atom is -0.383 e. The molecule has 0 fully saturated rings. The molecule has 0 aliphatic rings. The molecule has 0 amide bonds. The van der Waals surface area contributed by atoms with Crippen LogP contribution in [0.15, 0.2) is 18.7 Å². The quantitative estimate of drug-likeness (QED) is 0.872. The van der Waals surface area contributed by atoms with Crippen molar-refractivity contribution in [2.75, 3.05) is 5.73 Å². The Balaban J connectivity index is 2.52. The average Bonchev–Trinajstić information content (AvgIpc) is 2.77. The third-order valence-corrected chi connectivity index (χ3v) is 2.72. The maximum Gasteiger partial charge on any atom is 0.159 e. The Morgan fingerprint density at radius 3 is 2.76 bits per heavy atom. The van der Waals surface area contributed by atoms with Crippen LogP contribution in [0.1, 0.15) is 25.8 Å². The van der Waals surface area contributed by atoms with Gasteiger partial charge in [-0.1, -0.05) is 13.8 Å². The molecule has 17 heavy (non-hydrogen) atoms. The zero-order valence-electron chi connectivity index (χ0n) is 10.2. The van der Waals surface area contributed by atoms with Gasteiger partial charge in [0, 0.05) is 24.5 Å². The van der Waals surface area contributed by atoms with E-state index < -0.39 is 0 Å². The summed E-state index contributed by atoms with van der Waals surface area (Å²) >= 11 is 0. The lowest BCUT2D eigenvalue weighted by Gasteiger charge is -2.10. The van der Waals surface area contributed by atoms with Crippen molar-refractivity contribution in [3.63, 3.8) is 0 Å². The number of hydrogen-bond donors (Lipinski definition) is 1. The number of anilines is 1. The summed E-state index contributed by atoms with van der Waals surface area (Å²) in [5.74, 6) is 1.42. The van der Waals surface area contributed by atoms with Gasteiger partial charge in [0.15, 0.2) is 5.82 Å². The van der Waals surface area contributed by atoms with Crippen molar-refractivity contribution < 1.29 is 0 Å². The highest BCUT2D eigenvalue weighted by Crippen LogP contribution is 2.23. The number of imidazole rings is 1. The van der Waals surface area contributed by atoms with Crippen LogP contribution in [0.25, 0.3) is 11.5 Å². The van der Waals surface area contributed by atoms with Gasteiger partial charge in [-0.05, 0) is 12.8 Å². The molecule has 0 saturated heterocycles. The summed E-state index contributed by atoms with van der Waals surface area (Å²) in [6.45, 7) is 5.12. The van der Waals surface area contributed by atoms with Gasteiger partial charge in [-0.2, -0.15) is 0 Å². The molecule has 0 aromatic carbocycles. The Kier molecular flexibility index (Phi) is 3.37. The van der Waals surface area contributed by atoms with E-state index in [1.54, 1.807) is 6.20 Å². The fourth-order valence-electron chi connectivity index (χ4n) is 1.91. The van der Waals surface area contributed by atoms with Crippen molar-refractivity contribution in [1.82, 2.24) is 19.5 Å². The molecule has 2 aromatic rings. The van der Waals surface area contributed by atoms with Gasteiger partial charge in [0.2, 0.25) is 0 Å². The van der Waals surface area contributed by atoms with Crippen molar-refractivity contribution in [2.45, 2.75) is 33.2 Å². The molecule has 2 aromatic heterocycles. The summed E-state index contributed by atoms with van der Waals surface area (Å²) in [4.78, 5) is 12.7. The van der Waals surface area contributed by atoms with Crippen LogP contribution in [0.5, 0.6) is 0 Å². The van der Waals surface area contributed by atoms with E-state index in [9.17, 15) is 0 Å². The third-order valence-electron chi connectivity index (χ3n) is 2.72.